The van der Waals surface area contributed by atoms with Gasteiger partial charge in [0, 0.05) is 101 Å². The number of aromatic hydroxyl groups is 1. The quantitative estimate of drug-likeness (QED) is 0.330. The Morgan fingerprint density at radius 1 is 0.873 bits per heavy atom. The number of para-hydroxylation sites is 1. The van der Waals surface area contributed by atoms with Gasteiger partial charge in [0.15, 0.2) is 5.82 Å². The monoisotopic (exact) mass is 748 g/mol. The largest absolute Gasteiger partial charge is 0.507 e. The van der Waals surface area contributed by atoms with Crippen molar-refractivity contribution in [1.82, 2.24) is 35.1 Å². The summed E-state index contributed by atoms with van der Waals surface area (Å²) >= 11 is 0. The normalized spacial score (nSPS) is 24.6. The summed E-state index contributed by atoms with van der Waals surface area (Å²) in [5.74, 6) is 0.653. The van der Waals surface area contributed by atoms with Crippen LogP contribution in [0, 0.1) is 5.92 Å². The fourth-order valence-corrected chi connectivity index (χ4v) is 9.37. The van der Waals surface area contributed by atoms with Crippen LogP contribution < -0.4 is 20.4 Å². The van der Waals surface area contributed by atoms with Crippen molar-refractivity contribution in [3.8, 4) is 17.0 Å². The fourth-order valence-electron chi connectivity index (χ4n) is 9.37. The van der Waals surface area contributed by atoms with E-state index >= 15 is 0 Å². The highest BCUT2D eigenvalue weighted by Crippen LogP contribution is 2.37. The molecule has 288 valence electrons. The first-order valence-electron chi connectivity index (χ1n) is 19.7. The first-order chi connectivity index (χ1) is 26.7. The molecule has 3 N–H and O–H groups in total. The molecule has 55 heavy (non-hydrogen) atoms. The summed E-state index contributed by atoms with van der Waals surface area (Å²) < 4.78 is 0. The van der Waals surface area contributed by atoms with Gasteiger partial charge in [0.2, 0.25) is 11.8 Å². The molecule has 6 aliphatic heterocycles. The van der Waals surface area contributed by atoms with Gasteiger partial charge in [0.25, 0.3) is 5.91 Å². The smallest absolute Gasteiger partial charge is 0.320 e. The summed E-state index contributed by atoms with van der Waals surface area (Å²) in [5, 5.41) is 25.0. The number of urea groups is 1. The number of imide groups is 1. The Morgan fingerprint density at radius 3 is 2.47 bits per heavy atom. The Bertz CT molecular complexity index is 2020. The first-order valence-corrected chi connectivity index (χ1v) is 19.7. The van der Waals surface area contributed by atoms with Crippen molar-refractivity contribution in [3.63, 3.8) is 0 Å². The molecular formula is C40H48N10O5. The summed E-state index contributed by atoms with van der Waals surface area (Å²) in [6, 6.07) is 15.1. The zero-order valence-electron chi connectivity index (χ0n) is 31.2. The molecule has 0 spiro atoms. The number of hydrogen-bond donors (Lipinski definition) is 3. The number of phenolic OH excluding ortho intramolecular Hbond substituents is 1. The molecule has 0 saturated carbocycles. The maximum atomic E-state index is 13.9. The van der Waals surface area contributed by atoms with E-state index in [-0.39, 0.29) is 48.0 Å². The van der Waals surface area contributed by atoms with Gasteiger partial charge in [-0.2, -0.15) is 0 Å². The van der Waals surface area contributed by atoms with Crippen LogP contribution in [0.4, 0.5) is 22.0 Å². The molecular weight excluding hydrogens is 701 g/mol. The number of aromatic nitrogens is 2. The van der Waals surface area contributed by atoms with Crippen LogP contribution in [0.15, 0.2) is 48.5 Å². The first kappa shape index (κ1) is 35.3. The molecule has 0 aliphatic carbocycles. The van der Waals surface area contributed by atoms with Crippen LogP contribution in [-0.4, -0.2) is 142 Å². The number of hydrogen-bond acceptors (Lipinski definition) is 11. The SMILES string of the molecule is CC1CN(C(=O)N2CCN3c4cc(-c5ccccc5O)nnc4NC[C@H]3C2)CCN1CC1CCN(c2ccc3c(c2)C(=O)N(C2CCC(=O)NC2=O)C3)CC1. The molecule has 0 radical (unpaired) electrons. The Morgan fingerprint density at radius 2 is 1.67 bits per heavy atom. The number of benzene rings is 2. The molecule has 4 saturated heterocycles. The molecule has 15 heteroatoms. The standard InChI is InChI=1S/C40H48N10O5/c1-25-21-47(40(55)48-16-17-49-29(24-48)20-41-37-34(49)19-32(43-44-37)30-4-2-3-5-35(30)51)15-14-46(25)22-26-10-12-45(13-11-26)28-7-6-27-23-50(39(54)31(27)18-28)33-8-9-36(52)42-38(33)53/h2-7,18-19,25-26,29,33,51H,8-17,20-24H2,1H3,(H,41,44)(H,42,52,53)/t25?,29-,33?/m0/s1. The van der Waals surface area contributed by atoms with Gasteiger partial charge in [-0.1, -0.05) is 18.2 Å². The number of piperidine rings is 2. The molecule has 1 aromatic heterocycles. The second-order valence-electron chi connectivity index (χ2n) is 15.9. The maximum absolute atomic E-state index is 13.9. The predicted molar refractivity (Wildman–Crippen MR) is 206 cm³/mol. The van der Waals surface area contributed by atoms with Crippen molar-refractivity contribution in [3.05, 3.63) is 59.7 Å². The van der Waals surface area contributed by atoms with Crippen LogP contribution in [0.5, 0.6) is 5.75 Å². The van der Waals surface area contributed by atoms with Gasteiger partial charge in [0.1, 0.15) is 11.8 Å². The molecule has 3 atom stereocenters. The van der Waals surface area contributed by atoms with E-state index < -0.39 is 6.04 Å². The van der Waals surface area contributed by atoms with E-state index in [9.17, 15) is 24.3 Å². The van der Waals surface area contributed by atoms with Gasteiger partial charge in [-0.15, -0.1) is 10.2 Å². The highest BCUT2D eigenvalue weighted by Gasteiger charge is 2.40. The minimum atomic E-state index is -0.605. The Balaban J connectivity index is 0.753. The number of carbonyl (C=O) groups excluding carboxylic acids is 4. The third kappa shape index (κ3) is 6.68. The molecule has 4 fully saturated rings. The summed E-state index contributed by atoms with van der Waals surface area (Å²) in [7, 11) is 0. The molecule has 0 bridgehead atoms. The molecule has 2 aromatic carbocycles. The number of phenols is 1. The van der Waals surface area contributed by atoms with Gasteiger partial charge in [0.05, 0.1) is 17.4 Å². The lowest BCUT2D eigenvalue weighted by Gasteiger charge is -2.48. The van der Waals surface area contributed by atoms with Crippen LogP contribution in [0.1, 0.15) is 48.5 Å². The van der Waals surface area contributed by atoms with Crippen molar-refractivity contribution in [1.29, 1.82) is 0 Å². The summed E-state index contributed by atoms with van der Waals surface area (Å²) in [6.07, 6.45) is 2.73. The van der Waals surface area contributed by atoms with Crippen LogP contribution in [0.3, 0.4) is 0 Å². The van der Waals surface area contributed by atoms with Gasteiger partial charge < -0.3 is 34.9 Å². The molecule has 6 aliphatic rings. The third-order valence-electron chi connectivity index (χ3n) is 12.5. The minimum absolute atomic E-state index is 0.112. The van der Waals surface area contributed by atoms with E-state index in [1.807, 2.05) is 40.1 Å². The van der Waals surface area contributed by atoms with Gasteiger partial charge in [-0.25, -0.2) is 4.79 Å². The van der Waals surface area contributed by atoms with E-state index in [1.165, 1.54) is 0 Å². The average Bonchev–Trinajstić information content (AvgIpc) is 3.53. The average molecular weight is 749 g/mol. The number of piperazine rings is 2. The van der Waals surface area contributed by atoms with Crippen molar-refractivity contribution in [2.45, 2.75) is 57.3 Å². The Kier molecular flexibility index (Phi) is 9.19. The summed E-state index contributed by atoms with van der Waals surface area (Å²) in [6.45, 7) is 10.4. The Hall–Kier alpha value is -5.44. The van der Waals surface area contributed by atoms with E-state index in [0.29, 0.717) is 75.0 Å². The summed E-state index contributed by atoms with van der Waals surface area (Å²) in [5.41, 5.74) is 4.83. The number of amides is 5. The van der Waals surface area contributed by atoms with E-state index in [0.717, 1.165) is 61.8 Å². The minimum Gasteiger partial charge on any atom is -0.507 e. The van der Waals surface area contributed by atoms with E-state index in [4.69, 9.17) is 0 Å². The molecule has 15 nitrogen and oxygen atoms in total. The fraction of sp³-hybridized carbons (Fsp3) is 0.500. The molecule has 7 heterocycles. The highest BCUT2D eigenvalue weighted by molar-refractivity contribution is 6.05. The second-order valence-corrected chi connectivity index (χ2v) is 15.9. The number of nitrogens with one attached hydrogen (secondary N) is 2. The van der Waals surface area contributed by atoms with E-state index in [1.54, 1.807) is 17.0 Å². The zero-order valence-corrected chi connectivity index (χ0v) is 31.2. The molecule has 5 amide bonds. The number of rotatable bonds is 5. The van der Waals surface area contributed by atoms with Crippen molar-refractivity contribution >= 4 is 40.9 Å². The van der Waals surface area contributed by atoms with Crippen molar-refractivity contribution < 1.29 is 24.3 Å². The van der Waals surface area contributed by atoms with Crippen LogP contribution in [0.2, 0.25) is 0 Å². The molecule has 2 unspecified atom stereocenters. The van der Waals surface area contributed by atoms with Gasteiger partial charge in [-0.3, -0.25) is 24.6 Å². The zero-order chi connectivity index (χ0) is 37.8. The maximum Gasteiger partial charge on any atom is 0.320 e. The number of nitrogens with zero attached hydrogens (tertiary/aromatic N) is 8. The number of fused-ring (bicyclic) bond motifs is 4. The van der Waals surface area contributed by atoms with Crippen molar-refractivity contribution in [2.75, 3.05) is 80.6 Å². The topological polar surface area (TPSA) is 158 Å². The van der Waals surface area contributed by atoms with Gasteiger partial charge in [-0.05, 0) is 68.0 Å². The van der Waals surface area contributed by atoms with Crippen LogP contribution in [0.25, 0.3) is 11.3 Å². The molecule has 3 aromatic rings. The second kappa shape index (κ2) is 14.3. The number of anilines is 3. The Labute approximate surface area is 320 Å². The van der Waals surface area contributed by atoms with Crippen molar-refractivity contribution in [2.24, 2.45) is 5.92 Å². The number of carbonyl (C=O) groups is 4. The lowest BCUT2D eigenvalue weighted by atomic mass is 9.94. The lowest BCUT2D eigenvalue weighted by molar-refractivity contribution is -0.136. The van der Waals surface area contributed by atoms with Crippen LogP contribution >= 0.6 is 0 Å². The van der Waals surface area contributed by atoms with E-state index in [2.05, 4.69) is 48.5 Å². The third-order valence-corrected chi connectivity index (χ3v) is 12.5. The molecule has 9 rings (SSSR count). The van der Waals surface area contributed by atoms with Crippen LogP contribution in [-0.2, 0) is 16.1 Å². The lowest BCUT2D eigenvalue weighted by Crippen LogP contribution is -2.63. The highest BCUT2D eigenvalue weighted by atomic mass is 16.3. The van der Waals surface area contributed by atoms with Gasteiger partial charge >= 0.3 is 6.03 Å². The summed E-state index contributed by atoms with van der Waals surface area (Å²) in [4.78, 5) is 64.2. The predicted octanol–water partition coefficient (Wildman–Crippen LogP) is 2.57.